The van der Waals surface area contributed by atoms with Crippen molar-refractivity contribution in [3.63, 3.8) is 0 Å². The van der Waals surface area contributed by atoms with E-state index in [1.165, 1.54) is 12.1 Å². The third-order valence-corrected chi connectivity index (χ3v) is 3.05. The smallest absolute Gasteiger partial charge is 0.293 e. The van der Waals surface area contributed by atoms with Crippen LogP contribution in [0.5, 0.6) is 11.5 Å². The fourth-order valence-electron chi connectivity index (χ4n) is 1.91. The Morgan fingerprint density at radius 1 is 1.17 bits per heavy atom. The zero-order chi connectivity index (χ0) is 16.8. The molecule has 0 aliphatic rings. The lowest BCUT2D eigenvalue weighted by atomic mass is 10.2. The summed E-state index contributed by atoms with van der Waals surface area (Å²) in [4.78, 5) is 22.4. The van der Waals surface area contributed by atoms with Crippen LogP contribution in [0.2, 0.25) is 0 Å². The van der Waals surface area contributed by atoms with E-state index >= 15 is 0 Å². The number of nitro groups is 1. The molecular formula is C16H16N2O5. The molecule has 0 unspecified atom stereocenters. The van der Waals surface area contributed by atoms with Crippen molar-refractivity contribution in [3.8, 4) is 11.5 Å². The highest BCUT2D eigenvalue weighted by Gasteiger charge is 2.16. The average Bonchev–Trinajstić information content (AvgIpc) is 2.55. The number of carbonyl (C=O) groups is 1. The number of ether oxygens (including phenoxy) is 2. The molecule has 0 saturated carbocycles. The lowest BCUT2D eigenvalue weighted by Gasteiger charge is -2.09. The van der Waals surface area contributed by atoms with Gasteiger partial charge in [-0.2, -0.15) is 0 Å². The van der Waals surface area contributed by atoms with Gasteiger partial charge in [-0.15, -0.1) is 0 Å². The van der Waals surface area contributed by atoms with Crippen molar-refractivity contribution in [2.45, 2.75) is 6.92 Å². The molecule has 7 nitrogen and oxygen atoms in total. The molecule has 2 rings (SSSR count). The average molecular weight is 316 g/mol. The summed E-state index contributed by atoms with van der Waals surface area (Å²) in [5, 5.41) is 13.5. The molecule has 0 spiro atoms. The second-order valence-corrected chi connectivity index (χ2v) is 4.79. The van der Waals surface area contributed by atoms with Gasteiger partial charge in [0.05, 0.1) is 12.0 Å². The first kappa shape index (κ1) is 16.3. The van der Waals surface area contributed by atoms with Crippen molar-refractivity contribution >= 4 is 17.3 Å². The van der Waals surface area contributed by atoms with E-state index in [4.69, 9.17) is 9.47 Å². The van der Waals surface area contributed by atoms with Gasteiger partial charge in [-0.1, -0.05) is 6.07 Å². The van der Waals surface area contributed by atoms with Crippen molar-refractivity contribution in [1.29, 1.82) is 0 Å². The number of amides is 1. The summed E-state index contributed by atoms with van der Waals surface area (Å²) in [5.74, 6) is 0.698. The monoisotopic (exact) mass is 316 g/mol. The van der Waals surface area contributed by atoms with Crippen molar-refractivity contribution in [1.82, 2.24) is 0 Å². The first-order valence-electron chi connectivity index (χ1n) is 6.81. The molecule has 0 fully saturated rings. The molecule has 2 aromatic carbocycles. The molecule has 1 amide bonds. The Labute approximate surface area is 133 Å². The Kier molecular flexibility index (Phi) is 5.14. The van der Waals surface area contributed by atoms with Gasteiger partial charge in [-0.3, -0.25) is 14.9 Å². The Morgan fingerprint density at radius 2 is 1.83 bits per heavy atom. The normalized spacial score (nSPS) is 10.0. The van der Waals surface area contributed by atoms with Crippen molar-refractivity contribution in [2.24, 2.45) is 0 Å². The minimum Gasteiger partial charge on any atom is -0.497 e. The zero-order valence-electron chi connectivity index (χ0n) is 12.7. The largest absolute Gasteiger partial charge is 0.497 e. The summed E-state index contributed by atoms with van der Waals surface area (Å²) in [5.41, 5.74) is 0.732. The minimum absolute atomic E-state index is 0.143. The second-order valence-electron chi connectivity index (χ2n) is 4.79. The van der Waals surface area contributed by atoms with E-state index in [1.54, 1.807) is 44.4 Å². The molecule has 0 saturated heterocycles. The predicted molar refractivity (Wildman–Crippen MR) is 85.0 cm³/mol. The molecule has 0 radical (unpaired) electrons. The number of rotatable bonds is 6. The van der Waals surface area contributed by atoms with Crippen LogP contribution in [-0.4, -0.2) is 24.5 Å². The summed E-state index contributed by atoms with van der Waals surface area (Å²) >= 11 is 0. The molecule has 1 N–H and O–H groups in total. The second kappa shape index (κ2) is 7.26. The zero-order valence-corrected chi connectivity index (χ0v) is 12.7. The van der Waals surface area contributed by atoms with Crippen molar-refractivity contribution in [2.75, 3.05) is 19.0 Å². The summed E-state index contributed by atoms with van der Waals surface area (Å²) in [6, 6.07) is 11.3. The molecule has 0 heterocycles. The van der Waals surface area contributed by atoms with E-state index < -0.39 is 10.8 Å². The topological polar surface area (TPSA) is 90.7 Å². The van der Waals surface area contributed by atoms with Crippen LogP contribution in [0.4, 0.5) is 11.4 Å². The van der Waals surface area contributed by atoms with Gasteiger partial charge in [0, 0.05) is 6.07 Å². The van der Waals surface area contributed by atoms with Gasteiger partial charge >= 0.3 is 0 Å². The number of benzene rings is 2. The molecule has 0 aromatic heterocycles. The van der Waals surface area contributed by atoms with Crippen LogP contribution < -0.4 is 14.8 Å². The maximum atomic E-state index is 11.9. The summed E-state index contributed by atoms with van der Waals surface area (Å²) in [7, 11) is 1.55. The summed E-state index contributed by atoms with van der Waals surface area (Å²) in [6.07, 6.45) is 0. The Morgan fingerprint density at radius 3 is 2.43 bits per heavy atom. The minimum atomic E-state index is -0.535. The van der Waals surface area contributed by atoms with Gasteiger partial charge in [0.25, 0.3) is 11.6 Å². The van der Waals surface area contributed by atoms with E-state index in [9.17, 15) is 14.9 Å². The Hall–Kier alpha value is -3.09. The Balaban J connectivity index is 1.98. The number of nitrogens with one attached hydrogen (secondary N) is 1. The standard InChI is InChI=1S/C16H16N2O5/c1-11-3-8-14(15(9-11)18(20)21)17-16(19)10-23-13-6-4-12(22-2)5-7-13/h3-9H,10H2,1-2H3,(H,17,19). The summed E-state index contributed by atoms with van der Waals surface area (Å²) < 4.78 is 10.3. The van der Waals surface area contributed by atoms with E-state index in [0.29, 0.717) is 11.5 Å². The van der Waals surface area contributed by atoms with Gasteiger partial charge < -0.3 is 14.8 Å². The molecule has 7 heteroatoms. The molecule has 0 atom stereocenters. The number of methoxy groups -OCH3 is 1. The van der Waals surface area contributed by atoms with Crippen LogP contribution in [0.25, 0.3) is 0 Å². The van der Waals surface area contributed by atoms with Crippen LogP contribution in [0.3, 0.4) is 0 Å². The van der Waals surface area contributed by atoms with Crippen LogP contribution in [0, 0.1) is 17.0 Å². The lowest BCUT2D eigenvalue weighted by molar-refractivity contribution is -0.384. The number of anilines is 1. The predicted octanol–water partition coefficient (Wildman–Crippen LogP) is 2.93. The SMILES string of the molecule is COc1ccc(OCC(=O)Nc2ccc(C)cc2[N+](=O)[O-])cc1. The molecular weight excluding hydrogens is 300 g/mol. The first-order chi connectivity index (χ1) is 11.0. The van der Waals surface area contributed by atoms with E-state index in [1.807, 2.05) is 0 Å². The van der Waals surface area contributed by atoms with Crippen LogP contribution in [0.1, 0.15) is 5.56 Å². The van der Waals surface area contributed by atoms with Crippen molar-refractivity contribution < 1.29 is 19.2 Å². The first-order valence-corrected chi connectivity index (χ1v) is 6.81. The molecule has 2 aromatic rings. The Bertz CT molecular complexity index is 713. The molecule has 0 bridgehead atoms. The highest BCUT2D eigenvalue weighted by Crippen LogP contribution is 2.25. The maximum absolute atomic E-state index is 11.9. The van der Waals surface area contributed by atoms with Gasteiger partial charge in [0.1, 0.15) is 17.2 Å². The molecule has 0 aliphatic carbocycles. The molecule has 0 aliphatic heterocycles. The maximum Gasteiger partial charge on any atom is 0.293 e. The lowest BCUT2D eigenvalue weighted by Crippen LogP contribution is -2.20. The number of hydrogen-bond donors (Lipinski definition) is 1. The van der Waals surface area contributed by atoms with E-state index in [0.717, 1.165) is 5.56 Å². The third kappa shape index (κ3) is 4.44. The van der Waals surface area contributed by atoms with Crippen molar-refractivity contribution in [3.05, 3.63) is 58.1 Å². The number of aryl methyl sites for hydroxylation is 1. The number of nitro benzene ring substituents is 1. The van der Waals surface area contributed by atoms with E-state index in [-0.39, 0.29) is 18.0 Å². The molecule has 23 heavy (non-hydrogen) atoms. The van der Waals surface area contributed by atoms with Gasteiger partial charge in [0.2, 0.25) is 0 Å². The fraction of sp³-hybridized carbons (Fsp3) is 0.188. The van der Waals surface area contributed by atoms with Gasteiger partial charge in [0.15, 0.2) is 6.61 Å². The van der Waals surface area contributed by atoms with Crippen LogP contribution >= 0.6 is 0 Å². The van der Waals surface area contributed by atoms with E-state index in [2.05, 4.69) is 5.32 Å². The van der Waals surface area contributed by atoms with Gasteiger partial charge in [-0.05, 0) is 42.8 Å². The quantitative estimate of drug-likeness (QED) is 0.653. The fourth-order valence-corrected chi connectivity index (χ4v) is 1.91. The molecule has 120 valence electrons. The number of hydrogen-bond acceptors (Lipinski definition) is 5. The number of carbonyl (C=O) groups excluding carboxylic acids is 1. The third-order valence-electron chi connectivity index (χ3n) is 3.05. The number of nitrogens with zero attached hydrogens (tertiary/aromatic N) is 1. The van der Waals surface area contributed by atoms with Crippen LogP contribution in [-0.2, 0) is 4.79 Å². The van der Waals surface area contributed by atoms with Crippen LogP contribution in [0.15, 0.2) is 42.5 Å². The highest BCUT2D eigenvalue weighted by molar-refractivity contribution is 5.94. The van der Waals surface area contributed by atoms with Gasteiger partial charge in [-0.25, -0.2) is 0 Å². The summed E-state index contributed by atoms with van der Waals surface area (Å²) in [6.45, 7) is 1.49. The highest BCUT2D eigenvalue weighted by atomic mass is 16.6.